The van der Waals surface area contributed by atoms with Crippen LogP contribution in [-0.4, -0.2) is 95.4 Å². The third kappa shape index (κ3) is 13.8. The monoisotopic (exact) mass is 782 g/mol. The molecule has 2 aromatic carbocycles. The number of aromatic nitrogens is 2. The number of carbonyl (C=O) groups excluding carboxylic acids is 6. The average Bonchev–Trinajstić information content (AvgIpc) is 3.61. The lowest BCUT2D eigenvalue weighted by atomic mass is 10.0. The lowest BCUT2D eigenvalue weighted by Gasteiger charge is -2.25. The van der Waals surface area contributed by atoms with Gasteiger partial charge in [-0.2, -0.15) is 0 Å². The van der Waals surface area contributed by atoms with E-state index in [4.69, 9.17) is 33.2 Å². The molecule has 11 N–H and O–H groups in total. The zero-order valence-electron chi connectivity index (χ0n) is 31.2. The Bertz CT molecular complexity index is 1750. The van der Waals surface area contributed by atoms with E-state index in [0.29, 0.717) is 49.4 Å². The molecule has 0 radical (unpaired) electrons. The number of hydrogen-bond acceptors (Lipinski definition) is 12. The molecule has 17 nitrogen and oxygen atoms in total. The van der Waals surface area contributed by atoms with Crippen LogP contribution in [0.5, 0.6) is 0 Å². The molecule has 0 bridgehead atoms. The summed E-state index contributed by atoms with van der Waals surface area (Å²) in [7, 11) is 0. The lowest BCUT2D eigenvalue weighted by molar-refractivity contribution is -0.133. The van der Waals surface area contributed by atoms with Gasteiger partial charge in [-0.25, -0.2) is 0 Å². The first-order chi connectivity index (χ1) is 26.3. The number of Topliss-reactive ketones (excluding diaryl/α,β-unsaturated/α-hetero) is 1. The molecule has 18 heteroatoms. The van der Waals surface area contributed by atoms with Gasteiger partial charge >= 0.3 is 0 Å². The van der Waals surface area contributed by atoms with Crippen LogP contribution in [0.4, 0.5) is 0 Å². The minimum Gasteiger partial charge on any atom is -0.419 e. The van der Waals surface area contributed by atoms with Crippen molar-refractivity contribution in [3.63, 3.8) is 0 Å². The molecule has 298 valence electrons. The number of rotatable bonds is 22. The van der Waals surface area contributed by atoms with Gasteiger partial charge in [-0.05, 0) is 101 Å². The van der Waals surface area contributed by atoms with Crippen LogP contribution in [0.2, 0.25) is 5.02 Å². The molecule has 5 atom stereocenters. The number of ketones is 1. The van der Waals surface area contributed by atoms with Crippen LogP contribution in [-0.2, 0) is 19.2 Å². The Balaban J connectivity index is 1.63. The van der Waals surface area contributed by atoms with Crippen molar-refractivity contribution in [3.8, 4) is 11.1 Å². The number of halogens is 1. The standard InChI is InChI=1S/C37H51ClN10O7/c1-21(31(49)37-48-47-23(3)55-37)42-34(52)28(8-4-6-18-39)44-32(50)22(2)43-35(53)29(9-5-7-19-40)45-36(54)30(20-41)46-33(51)26-12-10-24(11-13-26)25-14-16-27(38)17-15-25/h10-17,21-22,28-30H,4-9,18-20,39-41H2,1-3H3,(H,42,52)(H,43,53)(H,44,50)(H,45,54)(H,46,51)/t21-,22-,28-,29-,30-/m0/s1. The highest BCUT2D eigenvalue weighted by molar-refractivity contribution is 6.30. The molecular formula is C37H51ClN10O7. The molecule has 1 aromatic heterocycles. The quantitative estimate of drug-likeness (QED) is 0.0521. The maximum Gasteiger partial charge on any atom is 0.286 e. The van der Waals surface area contributed by atoms with Gasteiger partial charge in [0.25, 0.3) is 11.8 Å². The molecule has 0 spiro atoms. The average molecular weight is 783 g/mol. The fourth-order valence-electron chi connectivity index (χ4n) is 5.36. The number of nitrogens with two attached hydrogens (primary N) is 3. The number of aryl methyl sites for hydroxylation is 1. The molecule has 0 fully saturated rings. The van der Waals surface area contributed by atoms with Crippen LogP contribution in [0.3, 0.4) is 0 Å². The van der Waals surface area contributed by atoms with E-state index in [0.717, 1.165) is 11.1 Å². The molecule has 5 amide bonds. The van der Waals surface area contributed by atoms with E-state index >= 15 is 0 Å². The second-order valence-electron chi connectivity index (χ2n) is 13.0. The second kappa shape index (κ2) is 22.2. The Hall–Kier alpha value is -5.23. The van der Waals surface area contributed by atoms with Gasteiger partial charge in [-0.1, -0.05) is 35.9 Å². The third-order valence-electron chi connectivity index (χ3n) is 8.58. The van der Waals surface area contributed by atoms with Crippen molar-refractivity contribution in [1.29, 1.82) is 0 Å². The van der Waals surface area contributed by atoms with Crippen molar-refractivity contribution in [2.24, 2.45) is 17.2 Å². The molecule has 0 saturated heterocycles. The fourth-order valence-corrected chi connectivity index (χ4v) is 5.49. The van der Waals surface area contributed by atoms with Crippen LogP contribution < -0.4 is 43.8 Å². The number of nitrogens with one attached hydrogen (secondary N) is 5. The SMILES string of the molecule is Cc1nnc(C(=O)[C@H](C)NC(=O)[C@H](CCCCN)NC(=O)[C@H](C)NC(=O)[C@H](CCCCN)NC(=O)[C@H](CN)NC(=O)c2ccc(-c3ccc(Cl)cc3)cc2)o1. The number of nitrogens with zero attached hydrogens (tertiary/aromatic N) is 2. The largest absolute Gasteiger partial charge is 0.419 e. The summed E-state index contributed by atoms with van der Waals surface area (Å²) in [5, 5.41) is 21.0. The van der Waals surface area contributed by atoms with E-state index in [-0.39, 0.29) is 31.2 Å². The highest BCUT2D eigenvalue weighted by Crippen LogP contribution is 2.22. The van der Waals surface area contributed by atoms with Crippen LogP contribution in [0, 0.1) is 6.92 Å². The van der Waals surface area contributed by atoms with Gasteiger partial charge in [0.15, 0.2) is 0 Å². The summed E-state index contributed by atoms with van der Waals surface area (Å²) >= 11 is 5.98. The van der Waals surface area contributed by atoms with E-state index in [1.54, 1.807) is 36.4 Å². The lowest BCUT2D eigenvalue weighted by Crippen LogP contribution is -2.58. The van der Waals surface area contributed by atoms with E-state index < -0.39 is 65.5 Å². The summed E-state index contributed by atoms with van der Waals surface area (Å²) in [5.74, 6) is -3.93. The van der Waals surface area contributed by atoms with Gasteiger partial charge < -0.3 is 48.2 Å². The molecule has 3 rings (SSSR count). The zero-order chi connectivity index (χ0) is 40.5. The zero-order valence-corrected chi connectivity index (χ0v) is 32.0. The molecule has 0 aliphatic rings. The Kier molecular flexibility index (Phi) is 17.8. The van der Waals surface area contributed by atoms with Crippen LogP contribution in [0.1, 0.15) is 79.3 Å². The van der Waals surface area contributed by atoms with E-state index in [9.17, 15) is 28.8 Å². The third-order valence-corrected chi connectivity index (χ3v) is 8.83. The minimum atomic E-state index is -1.18. The summed E-state index contributed by atoms with van der Waals surface area (Å²) < 4.78 is 5.16. The first kappa shape index (κ1) is 44.2. The highest BCUT2D eigenvalue weighted by Gasteiger charge is 2.31. The van der Waals surface area contributed by atoms with E-state index in [1.165, 1.54) is 20.8 Å². The molecule has 0 aliphatic heterocycles. The van der Waals surface area contributed by atoms with Gasteiger partial charge in [0.05, 0.1) is 6.04 Å². The highest BCUT2D eigenvalue weighted by atomic mass is 35.5. The van der Waals surface area contributed by atoms with Crippen molar-refractivity contribution in [2.45, 2.75) is 89.5 Å². The normalized spacial score (nSPS) is 13.7. The molecule has 0 saturated carbocycles. The van der Waals surface area contributed by atoms with Crippen LogP contribution in [0.15, 0.2) is 52.9 Å². The minimum absolute atomic E-state index is 0.177. The van der Waals surface area contributed by atoms with Crippen molar-refractivity contribution in [3.05, 3.63) is 70.9 Å². The number of unbranched alkanes of at least 4 members (excludes halogenated alkanes) is 2. The molecule has 0 aliphatic carbocycles. The van der Waals surface area contributed by atoms with Crippen molar-refractivity contribution < 1.29 is 33.2 Å². The molecule has 3 aromatic rings. The summed E-state index contributed by atoms with van der Waals surface area (Å²) in [5.41, 5.74) is 19.2. The fraction of sp³-hybridized carbons (Fsp3) is 0.459. The number of hydrogen-bond donors (Lipinski definition) is 8. The van der Waals surface area contributed by atoms with Gasteiger partial charge in [0.1, 0.15) is 24.2 Å². The molecule has 55 heavy (non-hydrogen) atoms. The number of carbonyl (C=O) groups is 6. The van der Waals surface area contributed by atoms with Crippen molar-refractivity contribution in [2.75, 3.05) is 19.6 Å². The first-order valence-corrected chi connectivity index (χ1v) is 18.5. The maximum atomic E-state index is 13.5. The van der Waals surface area contributed by atoms with E-state index in [1.807, 2.05) is 12.1 Å². The van der Waals surface area contributed by atoms with Gasteiger partial charge in [0, 0.05) is 24.1 Å². The van der Waals surface area contributed by atoms with Gasteiger partial charge in [-0.3, -0.25) is 28.8 Å². The molecule has 1 heterocycles. The van der Waals surface area contributed by atoms with Crippen LogP contribution >= 0.6 is 11.6 Å². The molecule has 0 unspecified atom stereocenters. The summed E-state index contributed by atoms with van der Waals surface area (Å²) in [6.07, 6.45) is 2.48. The summed E-state index contributed by atoms with van der Waals surface area (Å²) in [4.78, 5) is 79.1. The van der Waals surface area contributed by atoms with Crippen molar-refractivity contribution in [1.82, 2.24) is 36.8 Å². The maximum absolute atomic E-state index is 13.5. The smallest absolute Gasteiger partial charge is 0.286 e. The van der Waals surface area contributed by atoms with Gasteiger partial charge in [-0.15, -0.1) is 10.2 Å². The first-order valence-electron chi connectivity index (χ1n) is 18.1. The summed E-state index contributed by atoms with van der Waals surface area (Å²) in [6, 6.07) is 8.45. The van der Waals surface area contributed by atoms with E-state index in [2.05, 4.69) is 36.8 Å². The van der Waals surface area contributed by atoms with Crippen molar-refractivity contribution >= 4 is 46.9 Å². The van der Waals surface area contributed by atoms with Crippen LogP contribution in [0.25, 0.3) is 11.1 Å². The second-order valence-corrected chi connectivity index (χ2v) is 13.4. The molecular weight excluding hydrogens is 732 g/mol. The Morgan fingerprint density at radius 3 is 1.62 bits per heavy atom. The van der Waals surface area contributed by atoms with Gasteiger partial charge in [0.2, 0.25) is 35.3 Å². The topological polar surface area (TPSA) is 280 Å². The Morgan fingerprint density at radius 2 is 1.13 bits per heavy atom. The number of amides is 5. The Morgan fingerprint density at radius 1 is 0.636 bits per heavy atom. The Labute approximate surface area is 324 Å². The predicted octanol–water partition coefficient (Wildman–Crippen LogP) is 0.875. The summed E-state index contributed by atoms with van der Waals surface area (Å²) in [6.45, 7) is 4.85. The predicted molar refractivity (Wildman–Crippen MR) is 205 cm³/mol. The number of benzene rings is 2.